The highest BCUT2D eigenvalue weighted by Crippen LogP contribution is 2.38. The van der Waals surface area contributed by atoms with Crippen LogP contribution >= 0.6 is 39.1 Å². The lowest BCUT2D eigenvalue weighted by Gasteiger charge is -2.15. The molecule has 3 rings (SSSR count). The minimum Gasteiger partial charge on any atom is -0.490 e. The molecule has 1 amide bonds. The van der Waals surface area contributed by atoms with Crippen molar-refractivity contribution in [1.29, 1.82) is 5.26 Å². The minimum absolute atomic E-state index is 0.0531. The first kappa shape index (κ1) is 27.4. The number of rotatable bonds is 9. The van der Waals surface area contributed by atoms with Crippen LogP contribution in [-0.4, -0.2) is 26.6 Å². The summed E-state index contributed by atoms with van der Waals surface area (Å²) in [6.07, 6.45) is 1.50. The first-order valence-corrected chi connectivity index (χ1v) is 12.5. The van der Waals surface area contributed by atoms with Crippen LogP contribution in [0.15, 0.2) is 64.6 Å². The van der Waals surface area contributed by atoms with Crippen molar-refractivity contribution in [3.05, 3.63) is 85.8 Å². The molecule has 0 aliphatic heterocycles. The quantitative estimate of drug-likeness (QED) is 0.209. The van der Waals surface area contributed by atoms with Gasteiger partial charge in [-0.3, -0.25) is 4.79 Å². The molecular weight excluding hydrogens is 565 g/mol. The van der Waals surface area contributed by atoms with Gasteiger partial charge in [0, 0.05) is 41.1 Å². The zero-order chi connectivity index (χ0) is 26.2. The second-order valence-electron chi connectivity index (χ2n) is 7.85. The van der Waals surface area contributed by atoms with E-state index in [9.17, 15) is 10.1 Å². The number of nitrogens with zero attached hydrogens (tertiary/aromatic N) is 2. The molecule has 0 unspecified atom stereocenters. The Morgan fingerprint density at radius 1 is 1.11 bits per heavy atom. The number of nitriles is 1. The molecule has 3 aromatic carbocycles. The van der Waals surface area contributed by atoms with Gasteiger partial charge < -0.3 is 19.7 Å². The molecule has 0 saturated carbocycles. The van der Waals surface area contributed by atoms with Crippen molar-refractivity contribution < 1.29 is 14.3 Å². The van der Waals surface area contributed by atoms with Crippen molar-refractivity contribution in [2.24, 2.45) is 0 Å². The highest BCUT2D eigenvalue weighted by Gasteiger charge is 2.15. The van der Waals surface area contributed by atoms with E-state index in [1.54, 1.807) is 42.5 Å². The van der Waals surface area contributed by atoms with Crippen molar-refractivity contribution in [3.63, 3.8) is 0 Å². The summed E-state index contributed by atoms with van der Waals surface area (Å²) in [5.41, 5.74) is 2.89. The molecule has 0 heterocycles. The van der Waals surface area contributed by atoms with Crippen LogP contribution in [0.2, 0.25) is 10.0 Å². The van der Waals surface area contributed by atoms with Crippen molar-refractivity contribution in [2.45, 2.75) is 13.5 Å². The molecule has 3 aromatic rings. The molecule has 0 spiro atoms. The highest BCUT2D eigenvalue weighted by molar-refractivity contribution is 9.10. The third-order valence-corrected chi connectivity index (χ3v) is 6.21. The van der Waals surface area contributed by atoms with Gasteiger partial charge in [-0.25, -0.2) is 0 Å². The van der Waals surface area contributed by atoms with E-state index in [-0.39, 0.29) is 12.2 Å². The molecule has 0 aliphatic carbocycles. The standard InChI is InChI=1S/C27H24BrCl2N3O3/c1-4-35-25-13-17(12-23(28)26(25)36-16-18-5-6-20(29)14-24(18)30)11-19(15-31)27(34)32-21-7-9-22(10-8-21)33(2)3/h5-14H,4,16H2,1-3H3,(H,32,34)/b19-11-. The van der Waals surface area contributed by atoms with Gasteiger partial charge in [-0.15, -0.1) is 0 Å². The van der Waals surface area contributed by atoms with E-state index in [0.717, 1.165) is 11.3 Å². The maximum absolute atomic E-state index is 12.7. The number of halogens is 3. The van der Waals surface area contributed by atoms with Crippen LogP contribution in [-0.2, 0) is 11.4 Å². The Bertz CT molecular complexity index is 1320. The predicted octanol–water partition coefficient (Wildman–Crippen LogP) is 7.35. The summed E-state index contributed by atoms with van der Waals surface area (Å²) in [5.74, 6) is 0.422. The Morgan fingerprint density at radius 2 is 1.83 bits per heavy atom. The molecule has 0 aromatic heterocycles. The maximum Gasteiger partial charge on any atom is 0.266 e. The number of amides is 1. The number of carbonyl (C=O) groups is 1. The predicted molar refractivity (Wildman–Crippen MR) is 149 cm³/mol. The average molecular weight is 589 g/mol. The van der Waals surface area contributed by atoms with E-state index in [1.807, 2.05) is 44.1 Å². The minimum atomic E-state index is -0.512. The van der Waals surface area contributed by atoms with Gasteiger partial charge in [0.1, 0.15) is 18.2 Å². The van der Waals surface area contributed by atoms with Crippen LogP contribution in [0, 0.1) is 11.3 Å². The molecule has 6 nitrogen and oxygen atoms in total. The highest BCUT2D eigenvalue weighted by atomic mass is 79.9. The summed E-state index contributed by atoms with van der Waals surface area (Å²) in [7, 11) is 3.86. The van der Waals surface area contributed by atoms with E-state index in [1.165, 1.54) is 6.08 Å². The third-order valence-electron chi connectivity index (χ3n) is 5.04. The SMILES string of the molecule is CCOc1cc(/C=C(/C#N)C(=O)Nc2ccc(N(C)C)cc2)cc(Br)c1OCc1ccc(Cl)cc1Cl. The first-order valence-electron chi connectivity index (χ1n) is 11.0. The summed E-state index contributed by atoms with van der Waals surface area (Å²) in [6, 6.07) is 17.9. The van der Waals surface area contributed by atoms with E-state index in [0.29, 0.717) is 43.9 Å². The van der Waals surface area contributed by atoms with E-state index in [2.05, 4.69) is 21.2 Å². The molecular formula is C27H24BrCl2N3O3. The molecule has 0 bridgehead atoms. The number of benzene rings is 3. The Labute approximate surface area is 229 Å². The second kappa shape index (κ2) is 12.7. The number of nitrogens with one attached hydrogen (secondary N) is 1. The Balaban J connectivity index is 1.82. The zero-order valence-corrected chi connectivity index (χ0v) is 23.0. The average Bonchev–Trinajstić information content (AvgIpc) is 2.83. The van der Waals surface area contributed by atoms with E-state index in [4.69, 9.17) is 32.7 Å². The van der Waals surface area contributed by atoms with Gasteiger partial charge in [-0.05, 0) is 83.0 Å². The van der Waals surface area contributed by atoms with Crippen LogP contribution in [0.3, 0.4) is 0 Å². The van der Waals surface area contributed by atoms with E-state index < -0.39 is 5.91 Å². The lowest BCUT2D eigenvalue weighted by Crippen LogP contribution is -2.14. The fourth-order valence-corrected chi connectivity index (χ4v) is 4.26. The number of carbonyl (C=O) groups excluding carboxylic acids is 1. The van der Waals surface area contributed by atoms with Crippen molar-refractivity contribution in [3.8, 4) is 17.6 Å². The van der Waals surface area contributed by atoms with Gasteiger partial charge in [0.2, 0.25) is 0 Å². The van der Waals surface area contributed by atoms with Gasteiger partial charge in [0.25, 0.3) is 5.91 Å². The first-order chi connectivity index (χ1) is 17.2. The molecule has 186 valence electrons. The largest absolute Gasteiger partial charge is 0.490 e. The van der Waals surface area contributed by atoms with Crippen molar-refractivity contribution >= 4 is 62.5 Å². The normalized spacial score (nSPS) is 11.0. The number of hydrogen-bond acceptors (Lipinski definition) is 5. The van der Waals surface area contributed by atoms with Gasteiger partial charge in [-0.2, -0.15) is 5.26 Å². The van der Waals surface area contributed by atoms with E-state index >= 15 is 0 Å². The van der Waals surface area contributed by atoms with Gasteiger partial charge in [-0.1, -0.05) is 29.3 Å². The van der Waals surface area contributed by atoms with Gasteiger partial charge in [0.15, 0.2) is 11.5 Å². The van der Waals surface area contributed by atoms with Crippen LogP contribution in [0.25, 0.3) is 6.08 Å². The fourth-order valence-electron chi connectivity index (χ4n) is 3.22. The number of anilines is 2. The lowest BCUT2D eigenvalue weighted by atomic mass is 10.1. The second-order valence-corrected chi connectivity index (χ2v) is 9.55. The Hall–Kier alpha value is -3.18. The van der Waals surface area contributed by atoms with Crippen molar-refractivity contribution in [2.75, 3.05) is 30.9 Å². The molecule has 1 N–H and O–H groups in total. The molecule has 0 fully saturated rings. The van der Waals surface area contributed by atoms with Crippen LogP contribution < -0.4 is 19.7 Å². The summed E-state index contributed by atoms with van der Waals surface area (Å²) in [4.78, 5) is 14.7. The molecule has 36 heavy (non-hydrogen) atoms. The van der Waals surface area contributed by atoms with Crippen LogP contribution in [0.1, 0.15) is 18.1 Å². The van der Waals surface area contributed by atoms with Crippen LogP contribution in [0.4, 0.5) is 11.4 Å². The fraction of sp³-hybridized carbons (Fsp3) is 0.185. The lowest BCUT2D eigenvalue weighted by molar-refractivity contribution is -0.112. The zero-order valence-electron chi connectivity index (χ0n) is 19.9. The molecule has 0 aliphatic rings. The van der Waals surface area contributed by atoms with Gasteiger partial charge in [0.05, 0.1) is 11.1 Å². The molecule has 9 heteroatoms. The summed E-state index contributed by atoms with van der Waals surface area (Å²) in [5, 5.41) is 13.4. The molecule has 0 radical (unpaired) electrons. The topological polar surface area (TPSA) is 74.6 Å². The maximum atomic E-state index is 12.7. The molecule has 0 atom stereocenters. The third kappa shape index (κ3) is 7.17. The Morgan fingerprint density at radius 3 is 2.44 bits per heavy atom. The van der Waals surface area contributed by atoms with Crippen LogP contribution in [0.5, 0.6) is 11.5 Å². The summed E-state index contributed by atoms with van der Waals surface area (Å²) in [6.45, 7) is 2.44. The summed E-state index contributed by atoms with van der Waals surface area (Å²) < 4.78 is 12.4. The number of ether oxygens (including phenoxy) is 2. The number of hydrogen-bond donors (Lipinski definition) is 1. The molecule has 0 saturated heterocycles. The Kier molecular flexibility index (Phi) is 9.65. The monoisotopic (exact) mass is 587 g/mol. The smallest absolute Gasteiger partial charge is 0.266 e. The van der Waals surface area contributed by atoms with Crippen molar-refractivity contribution in [1.82, 2.24) is 0 Å². The summed E-state index contributed by atoms with van der Waals surface area (Å²) >= 11 is 15.7. The van der Waals surface area contributed by atoms with Gasteiger partial charge >= 0.3 is 0 Å².